The molecular weight excluding hydrogens is 346 g/mol. The number of hydrogen-bond donors (Lipinski definition) is 0. The van der Waals surface area contributed by atoms with Crippen LogP contribution in [0.15, 0.2) is 33.7 Å². The predicted octanol–water partition coefficient (Wildman–Crippen LogP) is 2.40. The van der Waals surface area contributed by atoms with E-state index in [1.54, 1.807) is 17.0 Å². The average Bonchev–Trinajstić information content (AvgIpc) is 3.03. The summed E-state index contributed by atoms with van der Waals surface area (Å²) in [5.74, 6) is -0.246. The van der Waals surface area contributed by atoms with Crippen molar-refractivity contribution in [1.29, 1.82) is 0 Å². The minimum Gasteiger partial charge on any atom is -0.332 e. The number of likely N-dealkylation sites (tertiary alicyclic amines) is 1. The fourth-order valence-electron chi connectivity index (χ4n) is 3.25. The smallest absolute Gasteiger partial charge is 0.332 e. The summed E-state index contributed by atoms with van der Waals surface area (Å²) in [5, 5.41) is 1.85. The van der Waals surface area contributed by atoms with Gasteiger partial charge in [0.25, 0.3) is 5.91 Å². The molecule has 1 saturated heterocycles. The number of hydrogen-bond acceptors (Lipinski definition) is 4. The van der Waals surface area contributed by atoms with Gasteiger partial charge in [0, 0.05) is 19.1 Å². The number of allylic oxidation sites excluding steroid dienone is 1. The van der Waals surface area contributed by atoms with E-state index in [1.165, 1.54) is 18.4 Å². The van der Waals surface area contributed by atoms with E-state index in [0.717, 1.165) is 28.4 Å². The molecule has 0 aromatic carbocycles. The Hall–Kier alpha value is -1.67. The number of carbonyl (C=O) groups is 1. The summed E-state index contributed by atoms with van der Waals surface area (Å²) in [7, 11) is -2.51. The summed E-state index contributed by atoms with van der Waals surface area (Å²) in [5.41, 5.74) is 0.484. The van der Waals surface area contributed by atoms with Crippen LogP contribution in [0.5, 0.6) is 0 Å². The van der Waals surface area contributed by atoms with Crippen LogP contribution in [-0.4, -0.2) is 48.4 Å². The van der Waals surface area contributed by atoms with Crippen LogP contribution >= 0.6 is 11.3 Å². The van der Waals surface area contributed by atoms with E-state index >= 15 is 0 Å². The van der Waals surface area contributed by atoms with Gasteiger partial charge in [-0.1, -0.05) is 6.07 Å². The van der Waals surface area contributed by atoms with Gasteiger partial charge in [0.15, 0.2) is 0 Å². The van der Waals surface area contributed by atoms with Crippen molar-refractivity contribution in [3.05, 3.63) is 34.2 Å². The van der Waals surface area contributed by atoms with Crippen molar-refractivity contribution in [2.24, 2.45) is 4.40 Å². The van der Waals surface area contributed by atoms with Gasteiger partial charge in [0.05, 0.1) is 10.6 Å². The van der Waals surface area contributed by atoms with Gasteiger partial charge in [0.2, 0.25) is 0 Å². The zero-order chi connectivity index (χ0) is 17.5. The predicted molar refractivity (Wildman–Crippen MR) is 95.2 cm³/mol. The normalized spacial score (nSPS) is 26.8. The molecule has 1 amide bonds. The van der Waals surface area contributed by atoms with Crippen molar-refractivity contribution < 1.29 is 13.2 Å². The molecular formula is C16H21N3O3S2. The van der Waals surface area contributed by atoms with Gasteiger partial charge >= 0.3 is 10.2 Å². The summed E-state index contributed by atoms with van der Waals surface area (Å²) in [6.07, 6.45) is 4.54. The molecule has 2 atom stereocenters. The second-order valence-corrected chi connectivity index (χ2v) is 8.84. The highest BCUT2D eigenvalue weighted by Gasteiger charge is 2.36. The Balaban J connectivity index is 2.01. The first-order valence-electron chi connectivity index (χ1n) is 7.98. The van der Waals surface area contributed by atoms with E-state index in [0.29, 0.717) is 5.71 Å². The van der Waals surface area contributed by atoms with Gasteiger partial charge in [-0.15, -0.1) is 15.7 Å². The van der Waals surface area contributed by atoms with Crippen LogP contribution < -0.4 is 0 Å². The number of amides is 1. The van der Waals surface area contributed by atoms with Crippen molar-refractivity contribution in [3.8, 4) is 0 Å². The molecule has 8 heteroatoms. The molecule has 24 heavy (non-hydrogen) atoms. The molecule has 1 fully saturated rings. The molecule has 0 radical (unpaired) electrons. The monoisotopic (exact) mass is 367 g/mol. The third-order valence-electron chi connectivity index (χ3n) is 4.59. The molecule has 0 aliphatic carbocycles. The number of piperidine rings is 1. The van der Waals surface area contributed by atoms with Crippen LogP contribution in [0.3, 0.4) is 0 Å². The Bertz CT molecular complexity index is 787. The van der Waals surface area contributed by atoms with Crippen LogP contribution in [0.2, 0.25) is 0 Å². The third-order valence-corrected chi connectivity index (χ3v) is 6.80. The lowest BCUT2D eigenvalue weighted by Gasteiger charge is -2.40. The Morgan fingerprint density at radius 2 is 1.96 bits per heavy atom. The molecule has 130 valence electrons. The molecule has 3 rings (SSSR count). The second-order valence-electron chi connectivity index (χ2n) is 6.27. The highest BCUT2D eigenvalue weighted by Crippen LogP contribution is 2.28. The second kappa shape index (κ2) is 6.33. The lowest BCUT2D eigenvalue weighted by molar-refractivity contribution is -0.134. The topological polar surface area (TPSA) is 70.0 Å². The standard InChI is InChI=1S/C16H21N3O3S2/c1-11-6-4-7-12(2)19(11)16(20)14-10-13(15-8-5-9-23-15)17-24(21,22)18(14)3/h5,8-12H,4,6-7H2,1-3H3/t11-,12-/m0/s1. The Labute approximate surface area is 146 Å². The van der Waals surface area contributed by atoms with Crippen LogP contribution in [0, 0.1) is 0 Å². The zero-order valence-electron chi connectivity index (χ0n) is 14.0. The first-order chi connectivity index (χ1) is 11.3. The number of nitrogens with zero attached hydrogens (tertiary/aromatic N) is 3. The number of carbonyl (C=O) groups excluding carboxylic acids is 1. The number of thiophene rings is 1. The highest BCUT2D eigenvalue weighted by atomic mass is 32.2. The van der Waals surface area contributed by atoms with Crippen LogP contribution in [0.25, 0.3) is 0 Å². The summed E-state index contributed by atoms with van der Waals surface area (Å²) < 4.78 is 29.6. The van der Waals surface area contributed by atoms with Crippen molar-refractivity contribution >= 4 is 33.2 Å². The first kappa shape index (κ1) is 17.2. The maximum absolute atomic E-state index is 13.1. The summed E-state index contributed by atoms with van der Waals surface area (Å²) >= 11 is 1.40. The average molecular weight is 367 g/mol. The van der Waals surface area contributed by atoms with Crippen molar-refractivity contribution in [3.63, 3.8) is 0 Å². The summed E-state index contributed by atoms with van der Waals surface area (Å²) in [6.45, 7) is 4.03. The van der Waals surface area contributed by atoms with Gasteiger partial charge < -0.3 is 4.90 Å². The summed E-state index contributed by atoms with van der Waals surface area (Å²) in [4.78, 5) is 15.6. The maximum Gasteiger partial charge on any atom is 0.345 e. The number of rotatable bonds is 2. The lowest BCUT2D eigenvalue weighted by atomic mass is 9.97. The van der Waals surface area contributed by atoms with Crippen LogP contribution in [0.4, 0.5) is 0 Å². The lowest BCUT2D eigenvalue weighted by Crippen LogP contribution is -2.50. The molecule has 1 aromatic heterocycles. The molecule has 0 N–H and O–H groups in total. The van der Waals surface area contributed by atoms with Gasteiger partial charge in [-0.05, 0) is 50.6 Å². The van der Waals surface area contributed by atoms with E-state index in [9.17, 15) is 13.2 Å². The SMILES string of the molecule is C[C@H]1CCC[C@H](C)N1C(=O)C1=CC(c2cccs2)=NS(=O)(=O)N1C. The van der Waals surface area contributed by atoms with E-state index < -0.39 is 10.2 Å². The molecule has 0 unspecified atom stereocenters. The Kier molecular flexibility index (Phi) is 4.52. The zero-order valence-corrected chi connectivity index (χ0v) is 15.6. The van der Waals surface area contributed by atoms with Crippen LogP contribution in [0.1, 0.15) is 38.0 Å². The van der Waals surface area contributed by atoms with Crippen LogP contribution in [-0.2, 0) is 15.0 Å². The van der Waals surface area contributed by atoms with E-state index in [-0.39, 0.29) is 23.7 Å². The van der Waals surface area contributed by atoms with Crippen molar-refractivity contribution in [2.45, 2.75) is 45.2 Å². The Morgan fingerprint density at radius 1 is 1.29 bits per heavy atom. The molecule has 1 aromatic rings. The first-order valence-corrected chi connectivity index (χ1v) is 10.3. The molecule has 6 nitrogen and oxygen atoms in total. The van der Waals surface area contributed by atoms with E-state index in [1.807, 2.05) is 25.3 Å². The summed E-state index contributed by atoms with van der Waals surface area (Å²) in [6, 6.07) is 3.83. The van der Waals surface area contributed by atoms with Crippen molar-refractivity contribution in [2.75, 3.05) is 7.05 Å². The van der Waals surface area contributed by atoms with Gasteiger partial charge in [-0.25, -0.2) is 4.31 Å². The highest BCUT2D eigenvalue weighted by molar-refractivity contribution is 7.88. The van der Waals surface area contributed by atoms with Crippen molar-refractivity contribution in [1.82, 2.24) is 9.21 Å². The molecule has 2 aliphatic rings. The minimum absolute atomic E-state index is 0.0994. The van der Waals surface area contributed by atoms with Gasteiger partial charge in [-0.2, -0.15) is 8.42 Å². The van der Waals surface area contributed by atoms with Gasteiger partial charge in [-0.3, -0.25) is 4.79 Å². The fourth-order valence-corrected chi connectivity index (χ4v) is 4.89. The molecule has 0 spiro atoms. The fraction of sp³-hybridized carbons (Fsp3) is 0.500. The number of likely N-dealkylation sites (N-methyl/N-ethyl adjacent to an activating group) is 1. The molecule has 3 heterocycles. The quantitative estimate of drug-likeness (QED) is 0.806. The minimum atomic E-state index is -3.89. The Morgan fingerprint density at radius 3 is 2.54 bits per heavy atom. The third kappa shape index (κ3) is 3.00. The molecule has 0 bridgehead atoms. The largest absolute Gasteiger partial charge is 0.345 e. The molecule has 2 aliphatic heterocycles. The maximum atomic E-state index is 13.1. The van der Waals surface area contributed by atoms with E-state index in [2.05, 4.69) is 4.40 Å². The molecule has 0 saturated carbocycles. The van der Waals surface area contributed by atoms with Gasteiger partial charge in [0.1, 0.15) is 5.70 Å². The van der Waals surface area contributed by atoms with E-state index in [4.69, 9.17) is 0 Å².